The summed E-state index contributed by atoms with van der Waals surface area (Å²) in [6.45, 7) is 8.13. The van der Waals surface area contributed by atoms with Crippen LogP contribution in [-0.2, 0) is 11.3 Å². The van der Waals surface area contributed by atoms with Crippen LogP contribution in [0.5, 0.6) is 0 Å². The normalized spacial score (nSPS) is 15.2. The van der Waals surface area contributed by atoms with E-state index in [4.69, 9.17) is 11.6 Å². The number of benzene rings is 2. The second-order valence-electron chi connectivity index (χ2n) is 6.73. The van der Waals surface area contributed by atoms with Gasteiger partial charge in [-0.15, -0.1) is 0 Å². The van der Waals surface area contributed by atoms with E-state index < -0.39 is 0 Å². The van der Waals surface area contributed by atoms with Gasteiger partial charge in [0, 0.05) is 57.8 Å². The van der Waals surface area contributed by atoms with Crippen molar-refractivity contribution in [2.75, 3.05) is 39.3 Å². The van der Waals surface area contributed by atoms with Gasteiger partial charge in [-0.3, -0.25) is 9.69 Å². The maximum atomic E-state index is 11.3. The van der Waals surface area contributed by atoms with E-state index in [0.717, 1.165) is 50.8 Å². The second-order valence-corrected chi connectivity index (χ2v) is 7.16. The Kier molecular flexibility index (Phi) is 6.67. The molecule has 5 heteroatoms. The first-order valence-electron chi connectivity index (χ1n) is 9.15. The Labute approximate surface area is 160 Å². The summed E-state index contributed by atoms with van der Waals surface area (Å²) >= 11 is 5.94. The predicted molar refractivity (Wildman–Crippen MR) is 107 cm³/mol. The zero-order valence-corrected chi connectivity index (χ0v) is 16.0. The third kappa shape index (κ3) is 5.31. The van der Waals surface area contributed by atoms with Crippen LogP contribution in [0.2, 0.25) is 5.02 Å². The summed E-state index contributed by atoms with van der Waals surface area (Å²) in [5.74, 6) is 0.185. The Morgan fingerprint density at radius 2 is 1.54 bits per heavy atom. The number of rotatable bonds is 6. The summed E-state index contributed by atoms with van der Waals surface area (Å²) in [4.78, 5) is 15.7. The van der Waals surface area contributed by atoms with Crippen LogP contribution in [0.4, 0.5) is 0 Å². The van der Waals surface area contributed by atoms with Crippen molar-refractivity contribution in [3.05, 3.63) is 59.1 Å². The molecule has 0 spiro atoms. The lowest BCUT2D eigenvalue weighted by Gasteiger charge is -2.34. The van der Waals surface area contributed by atoms with Crippen LogP contribution in [0.25, 0.3) is 11.1 Å². The van der Waals surface area contributed by atoms with Crippen LogP contribution < -0.4 is 5.32 Å². The fraction of sp³-hybridized carbons (Fsp3) is 0.381. The van der Waals surface area contributed by atoms with Crippen molar-refractivity contribution < 1.29 is 4.79 Å². The molecule has 0 saturated carbocycles. The average Bonchev–Trinajstić information content (AvgIpc) is 2.67. The fourth-order valence-electron chi connectivity index (χ4n) is 3.21. The summed E-state index contributed by atoms with van der Waals surface area (Å²) in [5.41, 5.74) is 3.66. The minimum absolute atomic E-state index is 0.185. The van der Waals surface area contributed by atoms with Gasteiger partial charge in [0.2, 0.25) is 5.91 Å². The van der Waals surface area contributed by atoms with E-state index in [1.807, 2.05) is 29.2 Å². The largest absolute Gasteiger partial charge is 0.340 e. The summed E-state index contributed by atoms with van der Waals surface area (Å²) in [7, 11) is 0. The van der Waals surface area contributed by atoms with Gasteiger partial charge in [-0.25, -0.2) is 0 Å². The van der Waals surface area contributed by atoms with E-state index in [0.29, 0.717) is 0 Å². The van der Waals surface area contributed by atoms with E-state index >= 15 is 0 Å². The van der Waals surface area contributed by atoms with E-state index in [1.54, 1.807) is 6.92 Å². The molecule has 1 aliphatic heterocycles. The third-order valence-electron chi connectivity index (χ3n) is 4.88. The van der Waals surface area contributed by atoms with Crippen LogP contribution in [0.1, 0.15) is 12.5 Å². The lowest BCUT2D eigenvalue weighted by molar-refractivity contribution is -0.130. The zero-order valence-electron chi connectivity index (χ0n) is 15.2. The van der Waals surface area contributed by atoms with Gasteiger partial charge in [-0.2, -0.15) is 0 Å². The number of amides is 1. The molecule has 3 rings (SSSR count). The lowest BCUT2D eigenvalue weighted by Crippen LogP contribution is -2.49. The van der Waals surface area contributed by atoms with Crippen molar-refractivity contribution in [2.24, 2.45) is 0 Å². The first kappa shape index (κ1) is 18.9. The number of hydrogen-bond donors (Lipinski definition) is 1. The Hall–Kier alpha value is -1.88. The fourth-order valence-corrected chi connectivity index (χ4v) is 3.34. The maximum Gasteiger partial charge on any atom is 0.219 e. The van der Waals surface area contributed by atoms with Crippen LogP contribution in [0.3, 0.4) is 0 Å². The Morgan fingerprint density at radius 1 is 0.962 bits per heavy atom. The molecule has 138 valence electrons. The molecule has 1 aliphatic rings. The SMILES string of the molecule is CC(=O)N1CCN(CCNCc2ccc(-c3ccc(Cl)cc3)cc2)CC1. The van der Waals surface area contributed by atoms with Crippen molar-refractivity contribution in [1.29, 1.82) is 0 Å². The minimum atomic E-state index is 0.185. The monoisotopic (exact) mass is 371 g/mol. The molecule has 26 heavy (non-hydrogen) atoms. The van der Waals surface area contributed by atoms with Gasteiger partial charge in [-0.1, -0.05) is 48.0 Å². The standard InChI is InChI=1S/C21H26ClN3O/c1-17(26)25-14-12-24(13-15-25)11-10-23-16-18-2-4-19(5-3-18)20-6-8-21(22)9-7-20/h2-9,23H,10-16H2,1H3. The van der Waals surface area contributed by atoms with Crippen molar-refractivity contribution >= 4 is 17.5 Å². The molecule has 1 N–H and O–H groups in total. The molecule has 1 saturated heterocycles. The molecule has 0 radical (unpaired) electrons. The van der Waals surface area contributed by atoms with E-state index in [1.165, 1.54) is 16.7 Å². The third-order valence-corrected chi connectivity index (χ3v) is 5.14. The minimum Gasteiger partial charge on any atom is -0.340 e. The van der Waals surface area contributed by atoms with Gasteiger partial charge >= 0.3 is 0 Å². The van der Waals surface area contributed by atoms with E-state index in [-0.39, 0.29) is 5.91 Å². The van der Waals surface area contributed by atoms with Gasteiger partial charge in [-0.05, 0) is 28.8 Å². The van der Waals surface area contributed by atoms with E-state index in [9.17, 15) is 4.79 Å². The van der Waals surface area contributed by atoms with Gasteiger partial charge in [0.15, 0.2) is 0 Å². The van der Waals surface area contributed by atoms with E-state index in [2.05, 4.69) is 34.5 Å². The van der Waals surface area contributed by atoms with Crippen LogP contribution in [-0.4, -0.2) is 55.0 Å². The van der Waals surface area contributed by atoms with Gasteiger partial charge < -0.3 is 10.2 Å². The quantitative estimate of drug-likeness (QED) is 0.792. The number of halogens is 1. The number of hydrogen-bond acceptors (Lipinski definition) is 3. The summed E-state index contributed by atoms with van der Waals surface area (Å²) in [5, 5.41) is 4.27. The molecule has 2 aromatic carbocycles. The topological polar surface area (TPSA) is 35.6 Å². The highest BCUT2D eigenvalue weighted by Crippen LogP contribution is 2.21. The van der Waals surface area contributed by atoms with Crippen molar-refractivity contribution in [3.8, 4) is 11.1 Å². The Bertz CT molecular complexity index is 707. The molecule has 0 atom stereocenters. The Balaban J connectivity index is 1.39. The van der Waals surface area contributed by atoms with Crippen molar-refractivity contribution in [2.45, 2.75) is 13.5 Å². The number of piperazine rings is 1. The molecule has 0 aliphatic carbocycles. The number of nitrogens with one attached hydrogen (secondary N) is 1. The predicted octanol–water partition coefficient (Wildman–Crippen LogP) is 3.26. The van der Waals surface area contributed by atoms with Gasteiger partial charge in [0.25, 0.3) is 0 Å². The first-order chi connectivity index (χ1) is 12.6. The van der Waals surface area contributed by atoms with Gasteiger partial charge in [0.05, 0.1) is 0 Å². The lowest BCUT2D eigenvalue weighted by atomic mass is 10.0. The zero-order chi connectivity index (χ0) is 18.4. The van der Waals surface area contributed by atoms with Crippen LogP contribution >= 0.6 is 11.6 Å². The van der Waals surface area contributed by atoms with Gasteiger partial charge in [0.1, 0.15) is 0 Å². The molecule has 4 nitrogen and oxygen atoms in total. The van der Waals surface area contributed by atoms with Crippen molar-refractivity contribution in [3.63, 3.8) is 0 Å². The smallest absolute Gasteiger partial charge is 0.219 e. The molecule has 2 aromatic rings. The molecule has 0 bridgehead atoms. The van der Waals surface area contributed by atoms with Crippen LogP contribution in [0.15, 0.2) is 48.5 Å². The molecule has 1 amide bonds. The highest BCUT2D eigenvalue weighted by atomic mass is 35.5. The molecule has 1 fully saturated rings. The summed E-state index contributed by atoms with van der Waals surface area (Å²) in [6.07, 6.45) is 0. The number of nitrogens with zero attached hydrogens (tertiary/aromatic N) is 2. The number of carbonyl (C=O) groups is 1. The highest BCUT2D eigenvalue weighted by Gasteiger charge is 2.17. The average molecular weight is 372 g/mol. The second kappa shape index (κ2) is 9.17. The molecular formula is C21H26ClN3O. The summed E-state index contributed by atoms with van der Waals surface area (Å²) in [6, 6.07) is 16.6. The maximum absolute atomic E-state index is 11.3. The highest BCUT2D eigenvalue weighted by molar-refractivity contribution is 6.30. The summed E-state index contributed by atoms with van der Waals surface area (Å²) < 4.78 is 0. The molecule has 0 aromatic heterocycles. The Morgan fingerprint density at radius 3 is 2.12 bits per heavy atom. The molecule has 0 unspecified atom stereocenters. The van der Waals surface area contributed by atoms with Crippen molar-refractivity contribution in [1.82, 2.24) is 15.1 Å². The first-order valence-corrected chi connectivity index (χ1v) is 9.53. The number of carbonyl (C=O) groups excluding carboxylic acids is 1. The van der Waals surface area contributed by atoms with Crippen LogP contribution in [0, 0.1) is 0 Å². The molecular weight excluding hydrogens is 346 g/mol. The molecule has 1 heterocycles.